The highest BCUT2D eigenvalue weighted by Crippen LogP contribution is 2.37. The first-order valence-corrected chi connectivity index (χ1v) is 8.57. The first-order valence-electron chi connectivity index (χ1n) is 8.57. The van der Waals surface area contributed by atoms with Crippen LogP contribution >= 0.6 is 0 Å². The topological polar surface area (TPSA) is 82.1 Å². The van der Waals surface area contributed by atoms with E-state index in [1.54, 1.807) is 37.8 Å². The zero-order valence-corrected chi connectivity index (χ0v) is 15.4. The summed E-state index contributed by atoms with van der Waals surface area (Å²) in [5.74, 6) is -3.23. The monoisotopic (exact) mass is 361 g/mol. The molecule has 0 aromatic heterocycles. The average Bonchev–Trinajstić information content (AvgIpc) is 2.61. The molecule has 0 saturated carbocycles. The minimum absolute atomic E-state index is 0.0418. The van der Waals surface area contributed by atoms with Crippen molar-refractivity contribution in [1.29, 1.82) is 0 Å². The van der Waals surface area contributed by atoms with Gasteiger partial charge in [-0.1, -0.05) is 6.08 Å². The second-order valence-electron chi connectivity index (χ2n) is 5.55. The van der Waals surface area contributed by atoms with E-state index in [0.717, 1.165) is 5.70 Å². The summed E-state index contributed by atoms with van der Waals surface area (Å²) in [6.07, 6.45) is 6.82. The molecule has 0 aromatic carbocycles. The van der Waals surface area contributed by atoms with E-state index in [2.05, 4.69) is 0 Å². The summed E-state index contributed by atoms with van der Waals surface area (Å²) in [7, 11) is 0. The van der Waals surface area contributed by atoms with E-state index < -0.39 is 23.8 Å². The van der Waals surface area contributed by atoms with Crippen molar-refractivity contribution in [3.8, 4) is 0 Å². The van der Waals surface area contributed by atoms with Crippen LogP contribution < -0.4 is 0 Å². The highest BCUT2D eigenvalue weighted by atomic mass is 16.5. The molecule has 0 bridgehead atoms. The fourth-order valence-electron chi connectivity index (χ4n) is 2.82. The minimum atomic E-state index is -1.20. The van der Waals surface area contributed by atoms with Gasteiger partial charge in [-0.3, -0.25) is 4.79 Å². The number of allylic oxidation sites excluding steroid dienone is 4. The maximum Gasteiger partial charge on any atom is 0.337 e. The molecule has 0 radical (unpaired) electrons. The fourth-order valence-corrected chi connectivity index (χ4v) is 2.82. The number of fused-ring (bicyclic) bond motifs is 1. The molecule has 2 rings (SSSR count). The van der Waals surface area contributed by atoms with Crippen molar-refractivity contribution in [3.05, 3.63) is 47.0 Å². The van der Waals surface area contributed by atoms with Crippen LogP contribution in [0.5, 0.6) is 0 Å². The molecule has 2 aliphatic rings. The number of rotatable bonds is 6. The molecule has 1 atom stereocenters. The van der Waals surface area contributed by atoms with E-state index in [0.29, 0.717) is 5.70 Å². The smallest absolute Gasteiger partial charge is 0.337 e. The third-order valence-electron chi connectivity index (χ3n) is 3.90. The van der Waals surface area contributed by atoms with E-state index in [-0.39, 0.29) is 31.0 Å². The number of ether oxygens (including phenoxy) is 3. The van der Waals surface area contributed by atoms with Gasteiger partial charge in [0.05, 0.1) is 36.7 Å². The van der Waals surface area contributed by atoms with Gasteiger partial charge in [-0.05, 0) is 39.8 Å². The lowest BCUT2D eigenvalue weighted by Crippen LogP contribution is -2.38. The van der Waals surface area contributed by atoms with Crippen LogP contribution in [0.1, 0.15) is 27.7 Å². The average molecular weight is 361 g/mol. The number of carbonyl (C=O) groups excluding carboxylic acids is 3. The molecule has 0 fully saturated rings. The van der Waals surface area contributed by atoms with Crippen LogP contribution in [0.25, 0.3) is 0 Å². The summed E-state index contributed by atoms with van der Waals surface area (Å²) in [5, 5.41) is 0. The van der Waals surface area contributed by atoms with Gasteiger partial charge < -0.3 is 19.1 Å². The summed E-state index contributed by atoms with van der Waals surface area (Å²) in [6.45, 7) is 7.24. The number of carbonyl (C=O) groups is 3. The van der Waals surface area contributed by atoms with Gasteiger partial charge in [0, 0.05) is 11.9 Å². The molecule has 0 spiro atoms. The standard InChI is InChI=1S/C19H23NO6/c1-5-24-17(21)13-11-20-12(4)9-8-10-14(20)16(19(23)26-7-3)15(13)18(22)25-6-2/h8-11,15H,5-7H2,1-4H3. The van der Waals surface area contributed by atoms with Crippen molar-refractivity contribution in [2.45, 2.75) is 27.7 Å². The quantitative estimate of drug-likeness (QED) is 0.530. The Morgan fingerprint density at radius 1 is 1.00 bits per heavy atom. The Morgan fingerprint density at radius 3 is 2.23 bits per heavy atom. The van der Waals surface area contributed by atoms with Gasteiger partial charge in [0.1, 0.15) is 5.92 Å². The molecule has 140 valence electrons. The Kier molecular flexibility index (Phi) is 6.38. The summed E-state index contributed by atoms with van der Waals surface area (Å²) in [6, 6.07) is 0. The van der Waals surface area contributed by atoms with E-state index >= 15 is 0 Å². The number of nitrogens with zero attached hydrogens (tertiary/aromatic N) is 1. The summed E-state index contributed by atoms with van der Waals surface area (Å²) in [4.78, 5) is 39.4. The van der Waals surface area contributed by atoms with E-state index in [1.165, 1.54) is 6.20 Å². The summed E-state index contributed by atoms with van der Waals surface area (Å²) < 4.78 is 15.4. The first-order chi connectivity index (χ1) is 12.5. The Labute approximate surface area is 152 Å². The maximum atomic E-state index is 12.7. The molecule has 7 heteroatoms. The van der Waals surface area contributed by atoms with Crippen LogP contribution in [0.15, 0.2) is 47.0 Å². The fraction of sp³-hybridized carbons (Fsp3) is 0.421. The highest BCUT2D eigenvalue weighted by Gasteiger charge is 2.43. The Morgan fingerprint density at radius 2 is 1.62 bits per heavy atom. The van der Waals surface area contributed by atoms with Crippen LogP contribution in [-0.2, 0) is 28.6 Å². The highest BCUT2D eigenvalue weighted by molar-refractivity contribution is 6.05. The SMILES string of the molecule is CCOC(=O)C1=CN2C(C)=CC=CC2=C(C(=O)OCC)C1C(=O)OCC. The third-order valence-corrected chi connectivity index (χ3v) is 3.90. The molecular weight excluding hydrogens is 338 g/mol. The molecule has 0 N–H and O–H groups in total. The van der Waals surface area contributed by atoms with Gasteiger partial charge in [0.2, 0.25) is 0 Å². The van der Waals surface area contributed by atoms with Gasteiger partial charge in [-0.2, -0.15) is 0 Å². The third kappa shape index (κ3) is 3.71. The van der Waals surface area contributed by atoms with Gasteiger partial charge in [-0.25, -0.2) is 9.59 Å². The number of hydrogen-bond donors (Lipinski definition) is 0. The molecule has 2 aliphatic heterocycles. The predicted octanol–water partition coefficient (Wildman–Crippen LogP) is 2.22. The summed E-state index contributed by atoms with van der Waals surface area (Å²) in [5.41, 5.74) is 1.38. The molecule has 26 heavy (non-hydrogen) atoms. The van der Waals surface area contributed by atoms with E-state index in [4.69, 9.17) is 14.2 Å². The molecule has 0 aliphatic carbocycles. The number of hydrogen-bond acceptors (Lipinski definition) is 7. The second kappa shape index (κ2) is 8.51. The zero-order chi connectivity index (χ0) is 19.3. The van der Waals surface area contributed by atoms with Crippen LogP contribution in [0.3, 0.4) is 0 Å². The molecule has 1 unspecified atom stereocenters. The predicted molar refractivity (Wildman–Crippen MR) is 93.2 cm³/mol. The molecule has 0 amide bonds. The molecule has 2 heterocycles. The van der Waals surface area contributed by atoms with Crippen molar-refractivity contribution in [2.24, 2.45) is 5.92 Å². The Hall–Kier alpha value is -2.83. The van der Waals surface area contributed by atoms with Crippen molar-refractivity contribution < 1.29 is 28.6 Å². The van der Waals surface area contributed by atoms with Crippen molar-refractivity contribution in [2.75, 3.05) is 19.8 Å². The molecule has 0 aromatic rings. The summed E-state index contributed by atoms with van der Waals surface area (Å²) >= 11 is 0. The Balaban J connectivity index is 2.64. The van der Waals surface area contributed by atoms with Crippen LogP contribution in [-0.4, -0.2) is 42.6 Å². The van der Waals surface area contributed by atoms with Crippen molar-refractivity contribution >= 4 is 17.9 Å². The van der Waals surface area contributed by atoms with Crippen molar-refractivity contribution in [3.63, 3.8) is 0 Å². The lowest BCUT2D eigenvalue weighted by molar-refractivity contribution is -0.151. The number of esters is 3. The normalized spacial score (nSPS) is 18.6. The maximum absolute atomic E-state index is 12.7. The van der Waals surface area contributed by atoms with Crippen molar-refractivity contribution in [1.82, 2.24) is 4.90 Å². The van der Waals surface area contributed by atoms with Crippen LogP contribution in [0.4, 0.5) is 0 Å². The van der Waals surface area contributed by atoms with E-state index in [9.17, 15) is 14.4 Å². The lowest BCUT2D eigenvalue weighted by atomic mass is 9.85. The van der Waals surface area contributed by atoms with Gasteiger partial charge in [0.25, 0.3) is 0 Å². The molecule has 0 saturated heterocycles. The van der Waals surface area contributed by atoms with Crippen LogP contribution in [0, 0.1) is 5.92 Å². The van der Waals surface area contributed by atoms with Crippen LogP contribution in [0.2, 0.25) is 0 Å². The second-order valence-corrected chi connectivity index (χ2v) is 5.55. The van der Waals surface area contributed by atoms with Gasteiger partial charge in [-0.15, -0.1) is 0 Å². The van der Waals surface area contributed by atoms with Gasteiger partial charge in [0.15, 0.2) is 0 Å². The lowest BCUT2D eigenvalue weighted by Gasteiger charge is -2.34. The Bertz CT molecular complexity index is 728. The van der Waals surface area contributed by atoms with E-state index in [1.807, 2.05) is 13.0 Å². The van der Waals surface area contributed by atoms with Gasteiger partial charge >= 0.3 is 17.9 Å². The zero-order valence-electron chi connectivity index (χ0n) is 15.4. The minimum Gasteiger partial charge on any atom is -0.465 e. The largest absolute Gasteiger partial charge is 0.465 e. The molecular formula is C19H23NO6. The molecule has 7 nitrogen and oxygen atoms in total. The first kappa shape index (κ1) is 19.5.